The van der Waals surface area contributed by atoms with Crippen LogP contribution in [0.3, 0.4) is 0 Å². The first kappa shape index (κ1) is 21.8. The van der Waals surface area contributed by atoms with E-state index in [0.29, 0.717) is 15.9 Å². The molecule has 29 heavy (non-hydrogen) atoms. The average molecular weight is 434 g/mol. The molecule has 7 heteroatoms. The van der Waals surface area contributed by atoms with Gasteiger partial charge in [0.25, 0.3) is 0 Å². The van der Waals surface area contributed by atoms with Crippen molar-refractivity contribution in [1.82, 2.24) is 9.80 Å². The Kier molecular flexibility index (Phi) is 8.55. The van der Waals surface area contributed by atoms with Gasteiger partial charge in [0.1, 0.15) is 5.75 Å². The van der Waals surface area contributed by atoms with Crippen molar-refractivity contribution in [2.75, 3.05) is 51.8 Å². The second kappa shape index (κ2) is 11.4. The molecule has 2 aromatic carbocycles. The van der Waals surface area contributed by atoms with Gasteiger partial charge in [0, 0.05) is 37.7 Å². The molecule has 5 nitrogen and oxygen atoms in total. The first-order chi connectivity index (χ1) is 14.2. The number of hydrogen-bond donors (Lipinski definition) is 1. The Bertz CT molecular complexity index is 785. The van der Waals surface area contributed by atoms with Crippen LogP contribution >= 0.6 is 23.8 Å². The first-order valence-corrected chi connectivity index (χ1v) is 10.7. The van der Waals surface area contributed by atoms with E-state index >= 15 is 0 Å². The molecule has 1 aliphatic rings. The molecule has 1 N–H and O–H groups in total. The van der Waals surface area contributed by atoms with Crippen molar-refractivity contribution in [2.24, 2.45) is 0 Å². The first-order valence-electron chi connectivity index (χ1n) is 9.89. The molecule has 0 saturated carbocycles. The SMILES string of the molecule is COc1ccc(Cl)cc1NC(=S)N(CCCN1CCOCC1)Cc1ccccc1. The number of nitrogens with one attached hydrogen (secondary N) is 1. The minimum Gasteiger partial charge on any atom is -0.495 e. The third kappa shape index (κ3) is 6.85. The molecule has 0 aliphatic carbocycles. The summed E-state index contributed by atoms with van der Waals surface area (Å²) in [5, 5.41) is 4.63. The molecular formula is C22H28ClN3O2S. The molecule has 0 atom stereocenters. The maximum Gasteiger partial charge on any atom is 0.173 e. The quantitative estimate of drug-likeness (QED) is 0.626. The lowest BCUT2D eigenvalue weighted by Crippen LogP contribution is -2.40. The summed E-state index contributed by atoms with van der Waals surface area (Å²) >= 11 is 11.9. The lowest BCUT2D eigenvalue weighted by Gasteiger charge is -2.30. The summed E-state index contributed by atoms with van der Waals surface area (Å²) in [5.41, 5.74) is 2.00. The van der Waals surface area contributed by atoms with E-state index in [1.807, 2.05) is 18.2 Å². The van der Waals surface area contributed by atoms with Gasteiger partial charge in [0.15, 0.2) is 5.11 Å². The van der Waals surface area contributed by atoms with Crippen molar-refractivity contribution in [3.8, 4) is 5.75 Å². The molecule has 0 aromatic heterocycles. The summed E-state index contributed by atoms with van der Waals surface area (Å²) in [6, 6.07) is 15.9. The molecule has 0 unspecified atom stereocenters. The van der Waals surface area contributed by atoms with Crippen molar-refractivity contribution in [2.45, 2.75) is 13.0 Å². The Morgan fingerprint density at radius 1 is 1.21 bits per heavy atom. The summed E-state index contributed by atoms with van der Waals surface area (Å²) in [5.74, 6) is 0.713. The molecule has 2 aromatic rings. The van der Waals surface area contributed by atoms with Crippen LogP contribution in [0.1, 0.15) is 12.0 Å². The van der Waals surface area contributed by atoms with Crippen molar-refractivity contribution >= 4 is 34.6 Å². The Morgan fingerprint density at radius 2 is 1.97 bits per heavy atom. The lowest BCUT2D eigenvalue weighted by molar-refractivity contribution is 0.0368. The lowest BCUT2D eigenvalue weighted by atomic mass is 10.2. The second-order valence-electron chi connectivity index (χ2n) is 6.99. The zero-order valence-electron chi connectivity index (χ0n) is 16.8. The van der Waals surface area contributed by atoms with Crippen molar-refractivity contribution in [3.63, 3.8) is 0 Å². The minimum absolute atomic E-state index is 0.637. The number of hydrogen-bond acceptors (Lipinski definition) is 4. The molecule has 1 saturated heterocycles. The van der Waals surface area contributed by atoms with Crippen LogP contribution in [0.15, 0.2) is 48.5 Å². The molecule has 0 bridgehead atoms. The van der Waals surface area contributed by atoms with Crippen LogP contribution in [0.25, 0.3) is 0 Å². The van der Waals surface area contributed by atoms with Crippen LogP contribution in [0.2, 0.25) is 5.02 Å². The number of rotatable bonds is 8. The average Bonchev–Trinajstić information content (AvgIpc) is 2.75. The number of methoxy groups -OCH3 is 1. The van der Waals surface area contributed by atoms with E-state index in [2.05, 4.69) is 39.4 Å². The molecule has 1 aliphatic heterocycles. The summed E-state index contributed by atoms with van der Waals surface area (Å²) in [6.45, 7) is 6.30. The van der Waals surface area contributed by atoms with E-state index in [0.717, 1.165) is 58.0 Å². The zero-order chi connectivity index (χ0) is 20.5. The number of thiocarbonyl (C=S) groups is 1. The van der Waals surface area contributed by atoms with Crippen LogP contribution in [0, 0.1) is 0 Å². The fourth-order valence-electron chi connectivity index (χ4n) is 3.34. The van der Waals surface area contributed by atoms with Crippen LogP contribution in [0.5, 0.6) is 5.75 Å². The smallest absolute Gasteiger partial charge is 0.173 e. The van der Waals surface area contributed by atoms with Gasteiger partial charge >= 0.3 is 0 Å². The summed E-state index contributed by atoms with van der Waals surface area (Å²) < 4.78 is 10.9. The number of anilines is 1. The molecule has 0 amide bonds. The van der Waals surface area contributed by atoms with E-state index in [1.54, 1.807) is 13.2 Å². The Hall–Kier alpha value is -1.86. The van der Waals surface area contributed by atoms with Gasteiger partial charge in [-0.1, -0.05) is 41.9 Å². The van der Waals surface area contributed by atoms with Crippen molar-refractivity contribution in [1.29, 1.82) is 0 Å². The highest BCUT2D eigenvalue weighted by molar-refractivity contribution is 7.80. The van der Waals surface area contributed by atoms with Crippen molar-refractivity contribution in [3.05, 3.63) is 59.1 Å². The largest absolute Gasteiger partial charge is 0.495 e. The molecule has 1 fully saturated rings. The third-order valence-corrected chi connectivity index (χ3v) is 5.51. The summed E-state index contributed by atoms with van der Waals surface area (Å²) in [4.78, 5) is 4.64. The van der Waals surface area contributed by atoms with Gasteiger partial charge < -0.3 is 19.7 Å². The van der Waals surface area contributed by atoms with Gasteiger partial charge in [0.05, 0.1) is 26.0 Å². The normalized spacial score (nSPS) is 14.4. The van der Waals surface area contributed by atoms with Crippen molar-refractivity contribution < 1.29 is 9.47 Å². The highest BCUT2D eigenvalue weighted by Gasteiger charge is 2.15. The molecule has 0 spiro atoms. The van der Waals surface area contributed by atoms with E-state index < -0.39 is 0 Å². The van der Waals surface area contributed by atoms with Gasteiger partial charge in [-0.05, 0) is 42.4 Å². The molecule has 3 rings (SSSR count). The summed E-state index contributed by atoms with van der Waals surface area (Å²) in [7, 11) is 1.64. The van der Waals surface area contributed by atoms with E-state index in [1.165, 1.54) is 5.56 Å². The maximum absolute atomic E-state index is 6.17. The van der Waals surface area contributed by atoms with Gasteiger partial charge in [-0.3, -0.25) is 4.90 Å². The fourth-order valence-corrected chi connectivity index (χ4v) is 3.78. The highest BCUT2D eigenvalue weighted by atomic mass is 35.5. The highest BCUT2D eigenvalue weighted by Crippen LogP contribution is 2.28. The van der Waals surface area contributed by atoms with Crippen LogP contribution in [0.4, 0.5) is 5.69 Å². The maximum atomic E-state index is 6.17. The molecule has 156 valence electrons. The van der Waals surface area contributed by atoms with Gasteiger partial charge in [-0.25, -0.2) is 0 Å². The zero-order valence-corrected chi connectivity index (χ0v) is 18.3. The monoisotopic (exact) mass is 433 g/mol. The Labute approximate surface area is 183 Å². The standard InChI is InChI=1S/C22H28ClN3O2S/c1-27-21-9-8-19(23)16-20(21)24-22(29)26(17-18-6-3-2-4-7-18)11-5-10-25-12-14-28-15-13-25/h2-4,6-9,16H,5,10-15,17H2,1H3,(H,24,29). The van der Waals surface area contributed by atoms with Crippen LogP contribution in [-0.4, -0.2) is 61.4 Å². The van der Waals surface area contributed by atoms with Crippen LogP contribution < -0.4 is 10.1 Å². The molecule has 0 radical (unpaired) electrons. The number of ether oxygens (including phenoxy) is 2. The summed E-state index contributed by atoms with van der Waals surface area (Å²) in [6.07, 6.45) is 1.03. The van der Waals surface area contributed by atoms with E-state index in [9.17, 15) is 0 Å². The fraction of sp³-hybridized carbons (Fsp3) is 0.409. The molecule has 1 heterocycles. The molecular weight excluding hydrogens is 406 g/mol. The van der Waals surface area contributed by atoms with Crippen LogP contribution in [-0.2, 0) is 11.3 Å². The predicted octanol–water partition coefficient (Wildman–Crippen LogP) is 4.27. The number of nitrogens with zero attached hydrogens (tertiary/aromatic N) is 2. The number of morpholine rings is 1. The minimum atomic E-state index is 0.637. The van der Waals surface area contributed by atoms with E-state index in [4.69, 9.17) is 33.3 Å². The van der Waals surface area contributed by atoms with Gasteiger partial charge in [-0.15, -0.1) is 0 Å². The predicted molar refractivity (Wildman–Crippen MR) is 123 cm³/mol. The topological polar surface area (TPSA) is 37.0 Å². The Morgan fingerprint density at radius 3 is 2.69 bits per heavy atom. The second-order valence-corrected chi connectivity index (χ2v) is 7.81. The van der Waals surface area contributed by atoms with Gasteiger partial charge in [-0.2, -0.15) is 0 Å². The van der Waals surface area contributed by atoms with E-state index in [-0.39, 0.29) is 0 Å². The number of benzene rings is 2. The Balaban J connectivity index is 1.66. The number of halogens is 1. The van der Waals surface area contributed by atoms with Gasteiger partial charge in [0.2, 0.25) is 0 Å². The third-order valence-electron chi connectivity index (χ3n) is 4.91.